The minimum atomic E-state index is -0.811. The number of para-hydroxylation sites is 1. The number of anilines is 1. The zero-order valence-corrected chi connectivity index (χ0v) is 13.8. The summed E-state index contributed by atoms with van der Waals surface area (Å²) in [6, 6.07) is 16.2. The van der Waals surface area contributed by atoms with Gasteiger partial charge >= 0.3 is 0 Å². The van der Waals surface area contributed by atoms with Gasteiger partial charge in [-0.2, -0.15) is 0 Å². The van der Waals surface area contributed by atoms with Gasteiger partial charge in [0.25, 0.3) is 11.8 Å². The van der Waals surface area contributed by atoms with Crippen molar-refractivity contribution < 1.29 is 14.3 Å². The van der Waals surface area contributed by atoms with Gasteiger partial charge in [-0.25, -0.2) is 0 Å². The van der Waals surface area contributed by atoms with E-state index < -0.39 is 11.8 Å². The normalized spacial score (nSPS) is 14.3. The average Bonchev–Trinajstić information content (AvgIpc) is 2.65. The topological polar surface area (TPSA) is 93.5 Å². The van der Waals surface area contributed by atoms with Crippen molar-refractivity contribution in [2.24, 2.45) is 5.73 Å². The third-order valence-corrected chi connectivity index (χ3v) is 3.54. The molecule has 0 saturated carbocycles. The molecule has 0 saturated heterocycles. The maximum absolute atomic E-state index is 12.4. The monoisotopic (exact) mass is 347 g/mol. The lowest BCUT2D eigenvalue weighted by atomic mass is 10.1. The summed E-state index contributed by atoms with van der Waals surface area (Å²) >= 11 is 0. The fourth-order valence-corrected chi connectivity index (χ4v) is 2.34. The van der Waals surface area contributed by atoms with Gasteiger partial charge in [0.15, 0.2) is 0 Å². The van der Waals surface area contributed by atoms with Gasteiger partial charge in [-0.15, -0.1) is 0 Å². The Morgan fingerprint density at radius 3 is 2.23 bits per heavy atom. The Bertz CT molecular complexity index is 898. The van der Waals surface area contributed by atoms with E-state index in [9.17, 15) is 9.59 Å². The Morgan fingerprint density at radius 1 is 0.923 bits per heavy atom. The second-order valence-electron chi connectivity index (χ2n) is 5.41. The van der Waals surface area contributed by atoms with Crippen molar-refractivity contribution in [2.45, 2.75) is 0 Å². The van der Waals surface area contributed by atoms with Crippen LogP contribution < -0.4 is 21.1 Å². The van der Waals surface area contributed by atoms with Crippen LogP contribution in [0, 0.1) is 0 Å². The highest BCUT2D eigenvalue weighted by atomic mass is 16.5. The van der Waals surface area contributed by atoms with E-state index in [4.69, 9.17) is 10.5 Å². The van der Waals surface area contributed by atoms with Gasteiger partial charge in [-0.1, -0.05) is 24.3 Å². The minimum absolute atomic E-state index is 0.143. The van der Waals surface area contributed by atoms with Crippen molar-refractivity contribution in [2.75, 3.05) is 5.32 Å². The van der Waals surface area contributed by atoms with Gasteiger partial charge in [0.1, 0.15) is 17.1 Å². The van der Waals surface area contributed by atoms with E-state index in [1.165, 1.54) is 0 Å². The summed E-state index contributed by atoms with van der Waals surface area (Å²) in [5.74, 6) is -0.0522. The van der Waals surface area contributed by atoms with Crippen molar-refractivity contribution in [3.8, 4) is 11.5 Å². The maximum atomic E-state index is 12.4. The quantitative estimate of drug-likeness (QED) is 0.440. The molecular weight excluding hydrogens is 330 g/mol. The van der Waals surface area contributed by atoms with Crippen LogP contribution in [0.2, 0.25) is 0 Å². The number of hydrogen-bond acceptors (Lipinski definition) is 4. The number of benzene rings is 2. The molecule has 0 aliphatic carbocycles. The largest absolute Gasteiger partial charge is 0.457 e. The molecule has 2 aromatic rings. The van der Waals surface area contributed by atoms with E-state index in [2.05, 4.69) is 10.6 Å². The summed E-state index contributed by atoms with van der Waals surface area (Å²) < 4.78 is 5.70. The first-order valence-corrected chi connectivity index (χ1v) is 7.91. The Hall–Kier alpha value is -3.80. The summed E-state index contributed by atoms with van der Waals surface area (Å²) in [6.45, 7) is 0. The first-order chi connectivity index (χ1) is 12.6. The number of rotatable bonds is 5. The molecule has 0 radical (unpaired) electrons. The van der Waals surface area contributed by atoms with Crippen molar-refractivity contribution in [1.82, 2.24) is 5.32 Å². The summed E-state index contributed by atoms with van der Waals surface area (Å²) in [4.78, 5) is 24.1. The summed E-state index contributed by atoms with van der Waals surface area (Å²) in [6.07, 6.45) is 6.67. The van der Waals surface area contributed by atoms with Crippen LogP contribution in [0.1, 0.15) is 0 Å². The lowest BCUT2D eigenvalue weighted by molar-refractivity contribution is -0.119. The first-order valence-electron chi connectivity index (χ1n) is 7.91. The Morgan fingerprint density at radius 2 is 1.62 bits per heavy atom. The minimum Gasteiger partial charge on any atom is -0.457 e. The van der Waals surface area contributed by atoms with Crippen LogP contribution in [0.3, 0.4) is 0 Å². The van der Waals surface area contributed by atoms with Gasteiger partial charge in [0.2, 0.25) is 0 Å². The first kappa shape index (κ1) is 17.0. The van der Waals surface area contributed by atoms with E-state index in [1.54, 1.807) is 48.7 Å². The van der Waals surface area contributed by atoms with Crippen LogP contribution in [0.15, 0.2) is 90.3 Å². The molecule has 130 valence electrons. The number of primary amides is 1. The average molecular weight is 347 g/mol. The van der Waals surface area contributed by atoms with Crippen molar-refractivity contribution in [3.05, 3.63) is 90.3 Å². The number of allylic oxidation sites excluding steroid dienone is 3. The number of ether oxygens (including phenoxy) is 1. The molecule has 0 spiro atoms. The van der Waals surface area contributed by atoms with Gasteiger partial charge in [-0.05, 0) is 48.6 Å². The highest BCUT2D eigenvalue weighted by Gasteiger charge is 2.20. The molecule has 3 rings (SSSR count). The fraction of sp³-hybridized carbons (Fsp3) is 0. The molecule has 1 heterocycles. The molecule has 0 atom stereocenters. The predicted molar refractivity (Wildman–Crippen MR) is 99.2 cm³/mol. The standard InChI is InChI=1S/C20H17N3O3/c21-19(24)18(17-8-4-5-13-22-17)20(25)23-14-9-11-16(12-10-14)26-15-6-2-1-3-7-15/h1-13,22H,(H2,21,24)(H,23,25)/b18-17+. The van der Waals surface area contributed by atoms with Crippen LogP contribution in [0.5, 0.6) is 11.5 Å². The molecule has 0 unspecified atom stereocenters. The van der Waals surface area contributed by atoms with Gasteiger partial charge < -0.3 is 21.1 Å². The molecule has 1 aliphatic heterocycles. The summed E-state index contributed by atoms with van der Waals surface area (Å²) in [5.41, 5.74) is 6.08. The third kappa shape index (κ3) is 4.18. The number of nitrogens with two attached hydrogens (primary N) is 1. The Kier molecular flexibility index (Phi) is 5.14. The van der Waals surface area contributed by atoms with Crippen LogP contribution in [-0.2, 0) is 9.59 Å². The predicted octanol–water partition coefficient (Wildman–Crippen LogP) is 2.83. The van der Waals surface area contributed by atoms with Crippen LogP contribution >= 0.6 is 0 Å². The van der Waals surface area contributed by atoms with Crippen LogP contribution in [0.4, 0.5) is 5.69 Å². The SMILES string of the molecule is NC(=O)/C(C(=O)Nc1ccc(Oc2ccccc2)cc1)=C1/C=CC=CN1. The maximum Gasteiger partial charge on any atom is 0.263 e. The van der Waals surface area contributed by atoms with Crippen molar-refractivity contribution in [1.29, 1.82) is 0 Å². The number of carbonyl (C=O) groups is 2. The molecule has 1 aliphatic rings. The molecule has 4 N–H and O–H groups in total. The fourth-order valence-electron chi connectivity index (χ4n) is 2.34. The Labute approximate surface area is 150 Å². The number of carbonyl (C=O) groups excluding carboxylic acids is 2. The number of amides is 2. The smallest absolute Gasteiger partial charge is 0.263 e. The van der Waals surface area contributed by atoms with Gasteiger partial charge in [-0.3, -0.25) is 9.59 Å². The number of hydrogen-bond donors (Lipinski definition) is 3. The number of dihydropyridines is 1. The highest BCUT2D eigenvalue weighted by molar-refractivity contribution is 6.23. The summed E-state index contributed by atoms with van der Waals surface area (Å²) in [7, 11) is 0. The molecule has 0 bridgehead atoms. The van der Waals surface area contributed by atoms with Gasteiger partial charge in [0.05, 0.1) is 5.70 Å². The third-order valence-electron chi connectivity index (χ3n) is 3.54. The van der Waals surface area contributed by atoms with E-state index in [0.717, 1.165) is 0 Å². The zero-order chi connectivity index (χ0) is 18.4. The molecule has 26 heavy (non-hydrogen) atoms. The molecular formula is C20H17N3O3. The van der Waals surface area contributed by atoms with Crippen LogP contribution in [0.25, 0.3) is 0 Å². The van der Waals surface area contributed by atoms with E-state index in [1.807, 2.05) is 30.3 Å². The van der Waals surface area contributed by atoms with Crippen LogP contribution in [-0.4, -0.2) is 11.8 Å². The van der Waals surface area contributed by atoms with E-state index >= 15 is 0 Å². The molecule has 6 heteroatoms. The van der Waals surface area contributed by atoms with Crippen molar-refractivity contribution >= 4 is 17.5 Å². The lowest BCUT2D eigenvalue weighted by Gasteiger charge is -2.12. The van der Waals surface area contributed by atoms with E-state index in [-0.39, 0.29) is 5.57 Å². The molecule has 2 aromatic carbocycles. The molecule has 0 aromatic heterocycles. The molecule has 6 nitrogen and oxygen atoms in total. The van der Waals surface area contributed by atoms with Crippen molar-refractivity contribution in [3.63, 3.8) is 0 Å². The molecule has 0 fully saturated rings. The second-order valence-corrected chi connectivity index (χ2v) is 5.41. The Balaban J connectivity index is 1.72. The molecule has 2 amide bonds. The van der Waals surface area contributed by atoms with Gasteiger partial charge in [0, 0.05) is 11.9 Å². The second kappa shape index (κ2) is 7.85. The lowest BCUT2D eigenvalue weighted by Crippen LogP contribution is -2.29. The zero-order valence-electron chi connectivity index (χ0n) is 13.8. The summed E-state index contributed by atoms with van der Waals surface area (Å²) in [5, 5.41) is 5.49. The number of nitrogens with one attached hydrogen (secondary N) is 2. The highest BCUT2D eigenvalue weighted by Crippen LogP contribution is 2.23. The van der Waals surface area contributed by atoms with E-state index in [0.29, 0.717) is 22.9 Å².